The molecule has 18 heavy (non-hydrogen) atoms. The summed E-state index contributed by atoms with van der Waals surface area (Å²) in [6.45, 7) is 2.39. The Morgan fingerprint density at radius 3 is 2.17 bits per heavy atom. The molecule has 1 N–H and O–H groups in total. The van der Waals surface area contributed by atoms with Crippen LogP contribution >= 0.6 is 0 Å². The van der Waals surface area contributed by atoms with Crippen molar-refractivity contribution < 1.29 is 9.53 Å². The van der Waals surface area contributed by atoms with Crippen molar-refractivity contribution in [2.45, 2.75) is 51.0 Å². The van der Waals surface area contributed by atoms with Gasteiger partial charge in [-0.1, -0.05) is 0 Å². The molecule has 0 radical (unpaired) electrons. The van der Waals surface area contributed by atoms with Crippen LogP contribution in [0.2, 0.25) is 0 Å². The quantitative estimate of drug-likeness (QED) is 0.779. The zero-order valence-electron chi connectivity index (χ0n) is 11.6. The van der Waals surface area contributed by atoms with Gasteiger partial charge in [-0.25, -0.2) is 0 Å². The Labute approximate surface area is 110 Å². The van der Waals surface area contributed by atoms with Gasteiger partial charge in [0.25, 0.3) is 0 Å². The molecule has 0 saturated heterocycles. The van der Waals surface area contributed by atoms with Gasteiger partial charge in [-0.3, -0.25) is 4.79 Å². The predicted octanol–water partition coefficient (Wildman–Crippen LogP) is 2.35. The van der Waals surface area contributed by atoms with Crippen LogP contribution in [0.15, 0.2) is 0 Å². The molecule has 4 aliphatic rings. The van der Waals surface area contributed by atoms with E-state index in [1.807, 2.05) is 14.0 Å². The molecule has 4 bridgehead atoms. The van der Waals surface area contributed by atoms with Crippen LogP contribution in [0, 0.1) is 23.7 Å². The van der Waals surface area contributed by atoms with Crippen molar-refractivity contribution in [3.8, 4) is 0 Å². The molecule has 0 aromatic heterocycles. The van der Waals surface area contributed by atoms with Crippen molar-refractivity contribution >= 4 is 5.97 Å². The zero-order chi connectivity index (χ0) is 12.8. The van der Waals surface area contributed by atoms with E-state index in [1.54, 1.807) is 0 Å². The first-order chi connectivity index (χ1) is 8.68. The van der Waals surface area contributed by atoms with Gasteiger partial charge in [0, 0.05) is 5.54 Å². The average molecular weight is 251 g/mol. The predicted molar refractivity (Wildman–Crippen MR) is 70.1 cm³/mol. The number of rotatable bonds is 4. The summed E-state index contributed by atoms with van der Waals surface area (Å²) in [5.74, 6) is 3.26. The summed E-state index contributed by atoms with van der Waals surface area (Å²) >= 11 is 0. The maximum Gasteiger partial charge on any atom is 0.307 e. The van der Waals surface area contributed by atoms with Crippen molar-refractivity contribution in [3.63, 3.8) is 0 Å². The minimum absolute atomic E-state index is 0.0145. The van der Waals surface area contributed by atoms with Crippen LogP contribution in [0.1, 0.15) is 45.4 Å². The third-order valence-corrected chi connectivity index (χ3v) is 5.80. The highest BCUT2D eigenvalue weighted by molar-refractivity contribution is 5.71. The van der Waals surface area contributed by atoms with Crippen LogP contribution in [0.4, 0.5) is 0 Å². The number of hydrogen-bond acceptors (Lipinski definition) is 3. The molecule has 0 atom stereocenters. The van der Waals surface area contributed by atoms with Gasteiger partial charge in [0.2, 0.25) is 0 Å². The van der Waals surface area contributed by atoms with Crippen molar-refractivity contribution in [3.05, 3.63) is 0 Å². The Hall–Kier alpha value is -0.570. The summed E-state index contributed by atoms with van der Waals surface area (Å²) in [5, 5.41) is 3.55. The van der Waals surface area contributed by atoms with Crippen LogP contribution in [-0.4, -0.2) is 25.2 Å². The fraction of sp³-hybridized carbons (Fsp3) is 0.933. The van der Waals surface area contributed by atoms with E-state index in [-0.39, 0.29) is 11.5 Å². The lowest BCUT2D eigenvalue weighted by molar-refractivity contribution is -0.151. The second kappa shape index (κ2) is 4.52. The minimum Gasteiger partial charge on any atom is -0.466 e. The van der Waals surface area contributed by atoms with Gasteiger partial charge in [0.1, 0.15) is 0 Å². The third kappa shape index (κ3) is 1.78. The van der Waals surface area contributed by atoms with Crippen LogP contribution in [0.3, 0.4) is 0 Å². The van der Waals surface area contributed by atoms with Crippen molar-refractivity contribution in [2.75, 3.05) is 13.7 Å². The van der Waals surface area contributed by atoms with Gasteiger partial charge in [0.05, 0.1) is 13.0 Å². The summed E-state index contributed by atoms with van der Waals surface area (Å²) < 4.78 is 5.20. The lowest BCUT2D eigenvalue weighted by Crippen LogP contribution is -2.64. The molecule has 102 valence electrons. The second-order valence-electron chi connectivity index (χ2n) is 6.58. The maximum atomic E-state index is 11.9. The number of esters is 1. The first kappa shape index (κ1) is 12.5. The molecule has 0 aliphatic heterocycles. The SMILES string of the molecule is CCOC(=O)CC1(NC)C2CC3CC(C2)CC1C3. The Morgan fingerprint density at radius 1 is 1.17 bits per heavy atom. The molecular formula is C15H25NO2. The van der Waals surface area contributed by atoms with E-state index >= 15 is 0 Å². The van der Waals surface area contributed by atoms with Gasteiger partial charge in [-0.15, -0.1) is 0 Å². The van der Waals surface area contributed by atoms with E-state index in [0.29, 0.717) is 24.9 Å². The molecule has 3 nitrogen and oxygen atoms in total. The summed E-state index contributed by atoms with van der Waals surface area (Å²) in [6.07, 6.45) is 7.33. The molecular weight excluding hydrogens is 226 g/mol. The summed E-state index contributed by atoms with van der Waals surface area (Å²) in [4.78, 5) is 11.9. The smallest absolute Gasteiger partial charge is 0.307 e. The van der Waals surface area contributed by atoms with Crippen LogP contribution in [0.5, 0.6) is 0 Å². The topological polar surface area (TPSA) is 38.3 Å². The van der Waals surface area contributed by atoms with E-state index in [1.165, 1.54) is 32.1 Å². The zero-order valence-corrected chi connectivity index (χ0v) is 11.6. The molecule has 4 aliphatic carbocycles. The molecule has 0 aromatic carbocycles. The normalized spacial score (nSPS) is 45.2. The number of ether oxygens (including phenoxy) is 1. The lowest BCUT2D eigenvalue weighted by Gasteiger charge is -2.61. The third-order valence-electron chi connectivity index (χ3n) is 5.80. The largest absolute Gasteiger partial charge is 0.466 e. The molecule has 0 unspecified atom stereocenters. The van der Waals surface area contributed by atoms with E-state index in [0.717, 1.165) is 11.8 Å². The van der Waals surface area contributed by atoms with Gasteiger partial charge >= 0.3 is 5.97 Å². The molecule has 0 amide bonds. The van der Waals surface area contributed by atoms with Gasteiger partial charge < -0.3 is 10.1 Å². The summed E-state index contributed by atoms with van der Waals surface area (Å²) in [5.41, 5.74) is 0.0413. The van der Waals surface area contributed by atoms with Crippen molar-refractivity contribution in [2.24, 2.45) is 23.7 Å². The number of carbonyl (C=O) groups excluding carboxylic acids is 1. The fourth-order valence-electron chi connectivity index (χ4n) is 5.26. The summed E-state index contributed by atoms with van der Waals surface area (Å²) in [6, 6.07) is 0. The van der Waals surface area contributed by atoms with Crippen LogP contribution in [-0.2, 0) is 9.53 Å². The first-order valence-corrected chi connectivity index (χ1v) is 7.52. The summed E-state index contributed by atoms with van der Waals surface area (Å²) in [7, 11) is 2.04. The second-order valence-corrected chi connectivity index (χ2v) is 6.58. The van der Waals surface area contributed by atoms with Crippen LogP contribution in [0.25, 0.3) is 0 Å². The maximum absolute atomic E-state index is 11.9. The Morgan fingerprint density at radius 2 is 1.72 bits per heavy atom. The van der Waals surface area contributed by atoms with Crippen molar-refractivity contribution in [1.29, 1.82) is 0 Å². The highest BCUT2D eigenvalue weighted by atomic mass is 16.5. The standard InChI is InChI=1S/C15H25NO2/c1-3-18-14(17)9-15(16-2)12-5-10-4-11(7-12)8-13(15)6-10/h10-13,16H,3-9H2,1-2H3. The average Bonchev–Trinajstić information content (AvgIpc) is 2.33. The molecule has 0 aromatic rings. The number of hydrogen-bond donors (Lipinski definition) is 1. The molecule has 3 heteroatoms. The van der Waals surface area contributed by atoms with E-state index in [2.05, 4.69) is 5.32 Å². The van der Waals surface area contributed by atoms with E-state index in [4.69, 9.17) is 4.74 Å². The van der Waals surface area contributed by atoms with E-state index in [9.17, 15) is 4.79 Å². The van der Waals surface area contributed by atoms with Crippen molar-refractivity contribution in [1.82, 2.24) is 5.32 Å². The number of carbonyl (C=O) groups is 1. The van der Waals surface area contributed by atoms with Gasteiger partial charge in [0.15, 0.2) is 0 Å². The Kier molecular flexibility index (Phi) is 3.13. The number of nitrogens with one attached hydrogen (secondary N) is 1. The van der Waals surface area contributed by atoms with Gasteiger partial charge in [-0.05, 0) is 69.7 Å². The van der Waals surface area contributed by atoms with Gasteiger partial charge in [-0.2, -0.15) is 0 Å². The lowest BCUT2D eigenvalue weighted by atomic mass is 9.48. The minimum atomic E-state index is -0.0145. The molecule has 4 fully saturated rings. The molecule has 0 spiro atoms. The highest BCUT2D eigenvalue weighted by Gasteiger charge is 2.57. The highest BCUT2D eigenvalue weighted by Crippen LogP contribution is 2.59. The van der Waals surface area contributed by atoms with Crippen LogP contribution < -0.4 is 5.32 Å². The first-order valence-electron chi connectivity index (χ1n) is 7.52. The molecule has 4 rings (SSSR count). The monoisotopic (exact) mass is 251 g/mol. The molecule has 4 saturated carbocycles. The van der Waals surface area contributed by atoms with E-state index < -0.39 is 0 Å². The Bertz CT molecular complexity index is 311. The molecule has 0 heterocycles. The fourth-order valence-corrected chi connectivity index (χ4v) is 5.26. The Balaban J connectivity index is 1.80.